The molecule has 0 radical (unpaired) electrons. The largest absolute Gasteiger partial charge is 0.497 e. The molecule has 7 heteroatoms. The molecule has 150 valence electrons. The van der Waals surface area contributed by atoms with Crippen molar-refractivity contribution in [3.8, 4) is 17.1 Å². The lowest BCUT2D eigenvalue weighted by atomic mass is 10.1. The second-order valence-corrected chi connectivity index (χ2v) is 7.15. The van der Waals surface area contributed by atoms with Crippen LogP contribution in [0, 0.1) is 5.82 Å². The van der Waals surface area contributed by atoms with Crippen molar-refractivity contribution in [3.63, 3.8) is 0 Å². The minimum Gasteiger partial charge on any atom is -0.497 e. The summed E-state index contributed by atoms with van der Waals surface area (Å²) in [4.78, 5) is 22.7. The van der Waals surface area contributed by atoms with Crippen LogP contribution in [0.1, 0.15) is 0 Å². The van der Waals surface area contributed by atoms with Gasteiger partial charge >= 0.3 is 0 Å². The second kappa shape index (κ2) is 6.37. The van der Waals surface area contributed by atoms with E-state index in [1.165, 1.54) is 13.2 Å². The first-order valence-electron chi connectivity index (χ1n) is 9.62. The summed E-state index contributed by atoms with van der Waals surface area (Å²) in [5, 5.41) is 0.636. The Morgan fingerprint density at radius 1 is 1.00 bits per heavy atom. The molecular weight excluding hydrogens is 397 g/mol. The van der Waals surface area contributed by atoms with Crippen molar-refractivity contribution in [1.29, 1.82) is 0 Å². The van der Waals surface area contributed by atoms with Crippen molar-refractivity contribution < 1.29 is 13.5 Å². The molecule has 0 saturated heterocycles. The zero-order valence-corrected chi connectivity index (χ0v) is 16.3. The van der Waals surface area contributed by atoms with Crippen molar-refractivity contribution in [2.24, 2.45) is 0 Å². The van der Waals surface area contributed by atoms with E-state index in [0.29, 0.717) is 33.7 Å². The molecule has 0 saturated carbocycles. The Hall–Kier alpha value is -4.26. The molecule has 0 atom stereocenters. The van der Waals surface area contributed by atoms with E-state index >= 15 is 0 Å². The summed E-state index contributed by atoms with van der Waals surface area (Å²) in [6, 6.07) is 18.8. The molecule has 6 aromatic rings. The van der Waals surface area contributed by atoms with Gasteiger partial charge in [0, 0.05) is 6.07 Å². The average Bonchev–Trinajstić information content (AvgIpc) is 3.18. The van der Waals surface area contributed by atoms with Gasteiger partial charge in [-0.25, -0.2) is 9.37 Å². The molecule has 0 bridgehead atoms. The molecule has 0 aliphatic rings. The second-order valence-electron chi connectivity index (χ2n) is 7.15. The van der Waals surface area contributed by atoms with Gasteiger partial charge in [0.2, 0.25) is 11.1 Å². The first-order chi connectivity index (χ1) is 15.2. The topological polar surface area (TPSA) is 69.6 Å². The zero-order valence-electron chi connectivity index (χ0n) is 16.3. The van der Waals surface area contributed by atoms with Crippen LogP contribution in [-0.2, 0) is 0 Å². The zero-order chi connectivity index (χ0) is 21.1. The third kappa shape index (κ3) is 2.46. The Labute approximate surface area is 174 Å². The van der Waals surface area contributed by atoms with E-state index in [-0.39, 0.29) is 22.1 Å². The van der Waals surface area contributed by atoms with Crippen LogP contribution >= 0.6 is 0 Å². The maximum Gasteiger partial charge on any atom is 0.236 e. The summed E-state index contributed by atoms with van der Waals surface area (Å²) in [5.74, 6) is 0.426. The molecule has 0 aliphatic heterocycles. The minimum absolute atomic E-state index is 0.0896. The maximum atomic E-state index is 14.8. The quantitative estimate of drug-likeness (QED) is 0.377. The third-order valence-electron chi connectivity index (χ3n) is 5.40. The van der Waals surface area contributed by atoms with Crippen LogP contribution in [0.2, 0.25) is 0 Å². The van der Waals surface area contributed by atoms with Gasteiger partial charge in [0.25, 0.3) is 0 Å². The predicted octanol–water partition coefficient (Wildman–Crippen LogP) is 4.96. The Balaban J connectivity index is 1.87. The maximum absolute atomic E-state index is 14.8. The number of aromatic nitrogens is 3. The fourth-order valence-electron chi connectivity index (χ4n) is 3.94. The molecule has 0 spiro atoms. The summed E-state index contributed by atoms with van der Waals surface area (Å²) >= 11 is 0. The highest BCUT2D eigenvalue weighted by Gasteiger charge is 2.21. The van der Waals surface area contributed by atoms with E-state index in [0.717, 1.165) is 5.52 Å². The molecule has 3 aromatic heterocycles. The Morgan fingerprint density at radius 2 is 1.81 bits per heavy atom. The summed E-state index contributed by atoms with van der Waals surface area (Å²) < 4.78 is 27.7. The molecule has 3 aromatic carbocycles. The molecule has 3 heterocycles. The van der Waals surface area contributed by atoms with E-state index in [1.807, 2.05) is 24.3 Å². The van der Waals surface area contributed by atoms with E-state index in [1.54, 1.807) is 40.8 Å². The van der Waals surface area contributed by atoms with Crippen LogP contribution < -0.4 is 10.2 Å². The first-order valence-corrected chi connectivity index (χ1v) is 9.62. The van der Waals surface area contributed by atoms with Gasteiger partial charge in [-0.15, -0.1) is 0 Å². The predicted molar refractivity (Wildman–Crippen MR) is 116 cm³/mol. The normalized spacial score (nSPS) is 11.7. The van der Waals surface area contributed by atoms with Crippen LogP contribution in [0.25, 0.3) is 50.1 Å². The van der Waals surface area contributed by atoms with Gasteiger partial charge in [-0.1, -0.05) is 24.3 Å². The van der Waals surface area contributed by atoms with Gasteiger partial charge in [0.15, 0.2) is 11.5 Å². The lowest BCUT2D eigenvalue weighted by Gasteiger charge is -2.10. The summed E-state index contributed by atoms with van der Waals surface area (Å²) in [5.41, 5.74) is 2.22. The van der Waals surface area contributed by atoms with Crippen LogP contribution in [0.4, 0.5) is 4.39 Å². The number of methoxy groups -OCH3 is 1. The van der Waals surface area contributed by atoms with Crippen molar-refractivity contribution in [1.82, 2.24) is 14.4 Å². The Morgan fingerprint density at radius 3 is 2.65 bits per heavy atom. The number of imidazole rings is 1. The molecule has 6 nitrogen and oxygen atoms in total. The van der Waals surface area contributed by atoms with E-state index < -0.39 is 5.82 Å². The number of ether oxygens (including phenoxy) is 1. The standard InChI is InChI=1S/C24H14FN3O3/c1-30-13-10-11-15-19(12-13)31-24-20(21(15)29)23-26-17-8-4-5-9-18(17)28(23)22(27-24)14-6-2-3-7-16(14)25/h2-12H,1H3. The highest BCUT2D eigenvalue weighted by molar-refractivity contribution is 6.00. The molecule has 0 amide bonds. The molecule has 0 N–H and O–H groups in total. The Bertz CT molecular complexity index is 1720. The molecule has 0 unspecified atom stereocenters. The number of nitrogens with zero attached hydrogens (tertiary/aromatic N) is 3. The summed E-state index contributed by atoms with van der Waals surface area (Å²) in [6.07, 6.45) is 0. The van der Waals surface area contributed by atoms with E-state index in [2.05, 4.69) is 9.97 Å². The lowest BCUT2D eigenvalue weighted by molar-refractivity contribution is 0.414. The van der Waals surface area contributed by atoms with Gasteiger partial charge in [0.05, 0.1) is 29.1 Å². The average molecular weight is 411 g/mol. The number of fused-ring (bicyclic) bond motifs is 6. The van der Waals surface area contributed by atoms with Crippen molar-refractivity contribution >= 4 is 38.7 Å². The lowest BCUT2D eigenvalue weighted by Crippen LogP contribution is -2.08. The number of halogens is 1. The van der Waals surface area contributed by atoms with Gasteiger partial charge in [0.1, 0.15) is 22.5 Å². The smallest absolute Gasteiger partial charge is 0.236 e. The molecule has 6 rings (SSSR count). The molecular formula is C24H14FN3O3. The van der Waals surface area contributed by atoms with Gasteiger partial charge in [-0.2, -0.15) is 4.98 Å². The molecule has 0 aliphatic carbocycles. The molecule has 0 fully saturated rings. The van der Waals surface area contributed by atoms with Gasteiger partial charge in [-0.3, -0.25) is 9.20 Å². The first kappa shape index (κ1) is 17.6. The van der Waals surface area contributed by atoms with Crippen molar-refractivity contribution in [2.45, 2.75) is 0 Å². The fraction of sp³-hybridized carbons (Fsp3) is 0.0417. The minimum atomic E-state index is -0.432. The number of hydrogen-bond acceptors (Lipinski definition) is 5. The number of rotatable bonds is 2. The fourth-order valence-corrected chi connectivity index (χ4v) is 3.94. The monoisotopic (exact) mass is 411 g/mol. The van der Waals surface area contributed by atoms with Gasteiger partial charge < -0.3 is 9.15 Å². The van der Waals surface area contributed by atoms with Crippen molar-refractivity contribution in [2.75, 3.05) is 7.11 Å². The highest BCUT2D eigenvalue weighted by Crippen LogP contribution is 2.31. The number of benzene rings is 3. The molecule has 31 heavy (non-hydrogen) atoms. The number of para-hydroxylation sites is 2. The van der Waals surface area contributed by atoms with Crippen molar-refractivity contribution in [3.05, 3.63) is 82.8 Å². The van der Waals surface area contributed by atoms with Crippen LogP contribution in [0.3, 0.4) is 0 Å². The highest BCUT2D eigenvalue weighted by atomic mass is 19.1. The van der Waals surface area contributed by atoms with Crippen LogP contribution in [0.5, 0.6) is 5.75 Å². The van der Waals surface area contributed by atoms with Crippen LogP contribution in [-0.4, -0.2) is 21.5 Å². The SMILES string of the molecule is COc1ccc2c(=O)c3c(nc(-c4ccccc4F)n4c5ccccc5nc34)oc2c1. The Kier molecular flexibility index (Phi) is 3.61. The van der Waals surface area contributed by atoms with E-state index in [9.17, 15) is 9.18 Å². The summed E-state index contributed by atoms with van der Waals surface area (Å²) in [6.45, 7) is 0. The van der Waals surface area contributed by atoms with Crippen LogP contribution in [0.15, 0.2) is 75.9 Å². The third-order valence-corrected chi connectivity index (χ3v) is 5.40. The van der Waals surface area contributed by atoms with E-state index in [4.69, 9.17) is 9.15 Å². The number of hydrogen-bond donors (Lipinski definition) is 0. The van der Waals surface area contributed by atoms with Gasteiger partial charge in [-0.05, 0) is 36.4 Å². The summed E-state index contributed by atoms with van der Waals surface area (Å²) in [7, 11) is 1.54.